The molecule has 1 aromatic heterocycles. The first-order valence-electron chi connectivity index (χ1n) is 3.47. The van der Waals surface area contributed by atoms with E-state index in [0.29, 0.717) is 0 Å². The van der Waals surface area contributed by atoms with Gasteiger partial charge in [0.1, 0.15) is 6.26 Å². The molecular weight excluding hydrogens is 140 g/mol. The first kappa shape index (κ1) is 6.22. The number of allylic oxidation sites excluding steroid dienone is 2. The summed E-state index contributed by atoms with van der Waals surface area (Å²) >= 11 is 0. The second-order valence-electron chi connectivity index (χ2n) is 2.28. The Morgan fingerprint density at radius 3 is 3.09 bits per heavy atom. The summed E-state index contributed by atoms with van der Waals surface area (Å²) in [6.07, 6.45) is 9.59. The van der Waals surface area contributed by atoms with Crippen molar-refractivity contribution in [3.63, 3.8) is 0 Å². The molecule has 2 heterocycles. The van der Waals surface area contributed by atoms with Crippen LogP contribution in [0.3, 0.4) is 0 Å². The van der Waals surface area contributed by atoms with Crippen LogP contribution in [0, 0.1) is 0 Å². The van der Waals surface area contributed by atoms with E-state index in [1.54, 1.807) is 6.26 Å². The monoisotopic (exact) mass is 148 g/mol. The minimum atomic E-state index is 0.852. The van der Waals surface area contributed by atoms with Gasteiger partial charge in [0.2, 0.25) is 0 Å². The molecule has 3 nitrogen and oxygen atoms in total. The second kappa shape index (κ2) is 2.62. The highest BCUT2D eigenvalue weighted by molar-refractivity contribution is 5.43. The van der Waals surface area contributed by atoms with Gasteiger partial charge in [-0.1, -0.05) is 17.3 Å². The van der Waals surface area contributed by atoms with Crippen molar-refractivity contribution in [2.75, 3.05) is 11.4 Å². The van der Waals surface area contributed by atoms with Gasteiger partial charge in [-0.05, 0) is 6.08 Å². The molecule has 0 N–H and O–H groups in total. The smallest absolute Gasteiger partial charge is 0.176 e. The van der Waals surface area contributed by atoms with Gasteiger partial charge in [0, 0.05) is 18.8 Å². The van der Waals surface area contributed by atoms with Crippen molar-refractivity contribution in [1.29, 1.82) is 0 Å². The van der Waals surface area contributed by atoms with E-state index >= 15 is 0 Å². The molecule has 2 rings (SSSR count). The molecule has 0 fully saturated rings. The molecule has 1 aromatic rings. The van der Waals surface area contributed by atoms with E-state index in [1.807, 2.05) is 29.3 Å². The topological polar surface area (TPSA) is 29.3 Å². The first-order chi connectivity index (χ1) is 5.47. The highest BCUT2D eigenvalue weighted by atomic mass is 16.5. The molecule has 0 saturated carbocycles. The molecule has 1 aliphatic heterocycles. The van der Waals surface area contributed by atoms with Crippen LogP contribution >= 0.6 is 0 Å². The first-order valence-corrected chi connectivity index (χ1v) is 3.47. The molecule has 3 heteroatoms. The van der Waals surface area contributed by atoms with Gasteiger partial charge in [-0.2, -0.15) is 0 Å². The lowest BCUT2D eigenvalue weighted by molar-refractivity contribution is 0.420. The van der Waals surface area contributed by atoms with Crippen molar-refractivity contribution >= 4 is 5.82 Å². The van der Waals surface area contributed by atoms with Crippen LogP contribution in [0.25, 0.3) is 0 Å². The number of hydrogen-bond donors (Lipinski definition) is 0. The Morgan fingerprint density at radius 2 is 2.45 bits per heavy atom. The summed E-state index contributed by atoms with van der Waals surface area (Å²) in [5, 5.41) is 3.81. The van der Waals surface area contributed by atoms with Crippen molar-refractivity contribution in [2.45, 2.75) is 0 Å². The van der Waals surface area contributed by atoms with Gasteiger partial charge in [0.05, 0.1) is 0 Å². The summed E-state index contributed by atoms with van der Waals surface area (Å²) in [7, 11) is 0. The molecule has 0 aliphatic carbocycles. The van der Waals surface area contributed by atoms with Gasteiger partial charge >= 0.3 is 0 Å². The van der Waals surface area contributed by atoms with Gasteiger partial charge in [-0.25, -0.2) is 0 Å². The van der Waals surface area contributed by atoms with Crippen molar-refractivity contribution in [2.24, 2.45) is 0 Å². The maximum Gasteiger partial charge on any atom is 0.176 e. The van der Waals surface area contributed by atoms with Gasteiger partial charge in [0.15, 0.2) is 5.82 Å². The fraction of sp³-hybridized carbons (Fsp3) is 0.125. The van der Waals surface area contributed by atoms with E-state index in [-0.39, 0.29) is 0 Å². The van der Waals surface area contributed by atoms with Gasteiger partial charge in [-0.3, -0.25) is 0 Å². The summed E-state index contributed by atoms with van der Waals surface area (Å²) in [6, 6.07) is 1.84. The largest absolute Gasteiger partial charge is 0.363 e. The lowest BCUT2D eigenvalue weighted by Crippen LogP contribution is -2.17. The molecule has 0 bridgehead atoms. The van der Waals surface area contributed by atoms with Crippen molar-refractivity contribution in [3.05, 3.63) is 36.8 Å². The quantitative estimate of drug-likeness (QED) is 0.605. The molecule has 11 heavy (non-hydrogen) atoms. The molecule has 56 valence electrons. The number of anilines is 1. The minimum Gasteiger partial charge on any atom is -0.363 e. The Bertz CT molecular complexity index is 274. The normalized spacial score (nSPS) is 15.8. The predicted octanol–water partition coefficient (Wildman–Crippen LogP) is 1.56. The Hall–Kier alpha value is -1.51. The van der Waals surface area contributed by atoms with Gasteiger partial charge in [0.25, 0.3) is 0 Å². The lowest BCUT2D eigenvalue weighted by Gasteiger charge is -2.15. The second-order valence-corrected chi connectivity index (χ2v) is 2.28. The van der Waals surface area contributed by atoms with Crippen LogP contribution in [0.4, 0.5) is 5.82 Å². The third-order valence-corrected chi connectivity index (χ3v) is 1.53. The van der Waals surface area contributed by atoms with Crippen molar-refractivity contribution in [1.82, 2.24) is 5.16 Å². The highest BCUT2D eigenvalue weighted by Gasteiger charge is 2.04. The van der Waals surface area contributed by atoms with Crippen LogP contribution in [0.1, 0.15) is 0 Å². The lowest BCUT2D eigenvalue weighted by atomic mass is 10.3. The molecule has 0 unspecified atom stereocenters. The maximum atomic E-state index is 4.72. The number of aromatic nitrogens is 1. The van der Waals surface area contributed by atoms with Crippen LogP contribution in [0.2, 0.25) is 0 Å². The Labute approximate surface area is 64.6 Å². The third-order valence-electron chi connectivity index (χ3n) is 1.53. The van der Waals surface area contributed by atoms with E-state index in [4.69, 9.17) is 4.52 Å². The van der Waals surface area contributed by atoms with E-state index in [0.717, 1.165) is 12.4 Å². The zero-order valence-electron chi connectivity index (χ0n) is 5.97. The standard InChI is InChI=1S/C8H8N2O/c1-2-5-10(6-3-1)8-4-7-11-9-8/h1-5,7H,6H2. The van der Waals surface area contributed by atoms with E-state index in [2.05, 4.69) is 11.2 Å². The molecule has 0 saturated heterocycles. The highest BCUT2D eigenvalue weighted by Crippen LogP contribution is 2.12. The number of nitrogens with zero attached hydrogens (tertiary/aromatic N) is 2. The Morgan fingerprint density at radius 1 is 1.45 bits per heavy atom. The van der Waals surface area contributed by atoms with Crippen LogP contribution < -0.4 is 4.90 Å². The summed E-state index contributed by atoms with van der Waals surface area (Å²) < 4.78 is 4.72. The Balaban J connectivity index is 2.19. The van der Waals surface area contributed by atoms with E-state index in [1.165, 1.54) is 0 Å². The zero-order valence-corrected chi connectivity index (χ0v) is 5.97. The molecule has 0 aromatic carbocycles. The van der Waals surface area contributed by atoms with E-state index in [9.17, 15) is 0 Å². The molecule has 1 aliphatic rings. The average molecular weight is 148 g/mol. The third kappa shape index (κ3) is 1.17. The summed E-state index contributed by atoms with van der Waals surface area (Å²) in [6.45, 7) is 0.864. The van der Waals surface area contributed by atoms with Crippen molar-refractivity contribution < 1.29 is 4.52 Å². The van der Waals surface area contributed by atoms with Crippen LogP contribution in [0.15, 0.2) is 41.3 Å². The van der Waals surface area contributed by atoms with Gasteiger partial charge in [-0.15, -0.1) is 0 Å². The van der Waals surface area contributed by atoms with E-state index < -0.39 is 0 Å². The molecule has 0 radical (unpaired) electrons. The van der Waals surface area contributed by atoms with Crippen LogP contribution in [-0.4, -0.2) is 11.7 Å². The molecule has 0 atom stereocenters. The molecular formula is C8H8N2O. The zero-order chi connectivity index (χ0) is 7.52. The summed E-state index contributed by atoms with van der Waals surface area (Å²) in [5.41, 5.74) is 0. The van der Waals surface area contributed by atoms with Crippen LogP contribution in [-0.2, 0) is 0 Å². The Kier molecular flexibility index (Phi) is 1.48. The summed E-state index contributed by atoms with van der Waals surface area (Å²) in [5.74, 6) is 0.852. The number of rotatable bonds is 1. The maximum absolute atomic E-state index is 4.72. The average Bonchev–Trinajstić information content (AvgIpc) is 2.58. The summed E-state index contributed by atoms with van der Waals surface area (Å²) in [4.78, 5) is 2.00. The van der Waals surface area contributed by atoms with Gasteiger partial charge < -0.3 is 9.42 Å². The fourth-order valence-corrected chi connectivity index (χ4v) is 0.992. The molecule has 0 spiro atoms. The minimum absolute atomic E-state index is 0.852. The SMILES string of the molecule is C1=CCN(c2ccon2)C=C1. The fourth-order valence-electron chi connectivity index (χ4n) is 0.992. The number of hydrogen-bond acceptors (Lipinski definition) is 3. The van der Waals surface area contributed by atoms with Crippen LogP contribution in [0.5, 0.6) is 0 Å². The molecule has 0 amide bonds. The predicted molar refractivity (Wildman–Crippen MR) is 42.1 cm³/mol. The van der Waals surface area contributed by atoms with Crippen molar-refractivity contribution in [3.8, 4) is 0 Å².